The second kappa shape index (κ2) is 5.21. The van der Waals surface area contributed by atoms with Crippen LogP contribution < -0.4 is 4.74 Å². The highest BCUT2D eigenvalue weighted by atomic mass is 16.5. The molecule has 94 valence electrons. The van der Waals surface area contributed by atoms with Crippen LogP contribution in [0.3, 0.4) is 0 Å². The molecular formula is C14H20O3. The Hall–Kier alpha value is -1.51. The molecule has 0 bridgehead atoms. The first-order valence-corrected chi connectivity index (χ1v) is 5.74. The zero-order chi connectivity index (χ0) is 13.1. The highest BCUT2D eigenvalue weighted by Gasteiger charge is 2.22. The lowest BCUT2D eigenvalue weighted by Gasteiger charge is -2.25. The van der Waals surface area contributed by atoms with E-state index in [0.29, 0.717) is 6.42 Å². The molecule has 3 nitrogen and oxygen atoms in total. The van der Waals surface area contributed by atoms with Crippen molar-refractivity contribution in [2.75, 3.05) is 7.11 Å². The van der Waals surface area contributed by atoms with E-state index < -0.39 is 5.97 Å². The number of carboxylic acid groups (broad SMARTS) is 1. The van der Waals surface area contributed by atoms with Gasteiger partial charge in [0.2, 0.25) is 0 Å². The molecule has 0 aliphatic carbocycles. The maximum atomic E-state index is 10.6. The van der Waals surface area contributed by atoms with Gasteiger partial charge in [0.25, 0.3) is 0 Å². The van der Waals surface area contributed by atoms with Crippen LogP contribution in [0.25, 0.3) is 0 Å². The molecule has 0 aliphatic rings. The normalized spacial score (nSPS) is 11.3. The van der Waals surface area contributed by atoms with Crippen molar-refractivity contribution in [3.63, 3.8) is 0 Å². The van der Waals surface area contributed by atoms with Crippen LogP contribution in [0.1, 0.15) is 37.8 Å². The fraction of sp³-hybridized carbons (Fsp3) is 0.500. The van der Waals surface area contributed by atoms with Gasteiger partial charge in [-0.3, -0.25) is 4.79 Å². The molecule has 0 heterocycles. The number of aryl methyl sites for hydroxylation is 1. The van der Waals surface area contributed by atoms with Gasteiger partial charge in [-0.25, -0.2) is 0 Å². The van der Waals surface area contributed by atoms with Gasteiger partial charge < -0.3 is 9.84 Å². The summed E-state index contributed by atoms with van der Waals surface area (Å²) in [6.07, 6.45) is 0.826. The summed E-state index contributed by atoms with van der Waals surface area (Å²) in [5, 5.41) is 8.74. The Balaban J connectivity index is 2.90. The lowest BCUT2D eigenvalue weighted by molar-refractivity contribution is -0.137. The molecule has 1 aromatic carbocycles. The summed E-state index contributed by atoms with van der Waals surface area (Å²) in [4.78, 5) is 10.6. The third-order valence-electron chi connectivity index (χ3n) is 3.14. The number of methoxy groups -OCH3 is 1. The number of hydrogen-bond acceptors (Lipinski definition) is 2. The summed E-state index contributed by atoms with van der Waals surface area (Å²) >= 11 is 0. The Kier molecular flexibility index (Phi) is 4.16. The van der Waals surface area contributed by atoms with Crippen molar-refractivity contribution < 1.29 is 14.6 Å². The van der Waals surface area contributed by atoms with E-state index in [0.717, 1.165) is 16.9 Å². The fourth-order valence-electron chi connectivity index (χ4n) is 1.86. The summed E-state index contributed by atoms with van der Waals surface area (Å²) in [6, 6.07) is 6.02. The van der Waals surface area contributed by atoms with Crippen molar-refractivity contribution in [3.05, 3.63) is 29.3 Å². The van der Waals surface area contributed by atoms with E-state index in [1.807, 2.05) is 19.1 Å². The molecule has 3 heteroatoms. The first-order valence-electron chi connectivity index (χ1n) is 5.74. The number of aliphatic carboxylic acids is 1. The van der Waals surface area contributed by atoms with E-state index in [1.54, 1.807) is 7.11 Å². The number of benzene rings is 1. The molecule has 1 rings (SSSR count). The van der Waals surface area contributed by atoms with Crippen LogP contribution in [-0.4, -0.2) is 18.2 Å². The number of hydrogen-bond donors (Lipinski definition) is 1. The summed E-state index contributed by atoms with van der Waals surface area (Å²) in [5.41, 5.74) is 2.10. The van der Waals surface area contributed by atoms with Crippen molar-refractivity contribution in [2.45, 2.75) is 39.0 Å². The SMILES string of the molecule is COc1ccc(C(C)(C)CCC(=O)O)cc1C. The lowest BCUT2D eigenvalue weighted by Crippen LogP contribution is -2.19. The molecule has 0 spiro atoms. The highest BCUT2D eigenvalue weighted by Crippen LogP contribution is 2.31. The molecule has 1 aromatic rings. The van der Waals surface area contributed by atoms with E-state index in [4.69, 9.17) is 9.84 Å². The predicted molar refractivity (Wildman–Crippen MR) is 67.6 cm³/mol. The second-order valence-corrected chi connectivity index (χ2v) is 4.96. The van der Waals surface area contributed by atoms with Gasteiger partial charge in [0.15, 0.2) is 0 Å². The Labute approximate surface area is 102 Å². The van der Waals surface area contributed by atoms with Gasteiger partial charge in [-0.05, 0) is 36.0 Å². The number of rotatable bonds is 5. The summed E-state index contributed by atoms with van der Waals surface area (Å²) in [7, 11) is 1.65. The first-order chi connectivity index (χ1) is 7.86. The van der Waals surface area contributed by atoms with E-state index in [9.17, 15) is 4.79 Å². The zero-order valence-corrected chi connectivity index (χ0v) is 10.9. The van der Waals surface area contributed by atoms with Crippen molar-refractivity contribution in [1.82, 2.24) is 0 Å². The lowest BCUT2D eigenvalue weighted by atomic mass is 9.80. The van der Waals surface area contributed by atoms with Gasteiger partial charge in [0, 0.05) is 6.42 Å². The van der Waals surface area contributed by atoms with Crippen molar-refractivity contribution in [2.24, 2.45) is 0 Å². The summed E-state index contributed by atoms with van der Waals surface area (Å²) in [5.74, 6) is 0.117. The number of carbonyl (C=O) groups is 1. The number of carboxylic acids is 1. The molecule has 0 unspecified atom stereocenters. The molecule has 0 saturated carbocycles. The van der Waals surface area contributed by atoms with Gasteiger partial charge in [-0.15, -0.1) is 0 Å². The molecule has 0 radical (unpaired) electrons. The van der Waals surface area contributed by atoms with Crippen LogP contribution in [-0.2, 0) is 10.2 Å². The standard InChI is InChI=1S/C14H20O3/c1-10-9-11(5-6-12(10)17-4)14(2,3)8-7-13(15)16/h5-6,9H,7-8H2,1-4H3,(H,15,16). The molecule has 0 fully saturated rings. The molecule has 0 amide bonds. The van der Waals surface area contributed by atoms with E-state index in [2.05, 4.69) is 19.9 Å². The quantitative estimate of drug-likeness (QED) is 0.854. The summed E-state index contributed by atoms with van der Waals surface area (Å²) in [6.45, 7) is 6.13. The number of ether oxygens (including phenoxy) is 1. The Morgan fingerprint density at radius 1 is 1.41 bits per heavy atom. The third kappa shape index (κ3) is 3.48. The van der Waals surface area contributed by atoms with Crippen LogP contribution in [0.5, 0.6) is 5.75 Å². The molecule has 0 atom stereocenters. The van der Waals surface area contributed by atoms with Gasteiger partial charge in [-0.1, -0.05) is 26.0 Å². The third-order valence-corrected chi connectivity index (χ3v) is 3.14. The van der Waals surface area contributed by atoms with Crippen LogP contribution in [0.15, 0.2) is 18.2 Å². The van der Waals surface area contributed by atoms with Crippen LogP contribution >= 0.6 is 0 Å². The molecule has 17 heavy (non-hydrogen) atoms. The van der Waals surface area contributed by atoms with Crippen LogP contribution in [0.2, 0.25) is 0 Å². The topological polar surface area (TPSA) is 46.5 Å². The maximum Gasteiger partial charge on any atom is 0.303 e. The van der Waals surface area contributed by atoms with Crippen LogP contribution in [0.4, 0.5) is 0 Å². The molecule has 0 saturated heterocycles. The Morgan fingerprint density at radius 2 is 2.06 bits per heavy atom. The fourth-order valence-corrected chi connectivity index (χ4v) is 1.86. The Bertz CT molecular complexity index is 408. The van der Waals surface area contributed by atoms with Gasteiger partial charge in [0.1, 0.15) is 5.75 Å². The predicted octanol–water partition coefficient (Wildman–Crippen LogP) is 3.15. The van der Waals surface area contributed by atoms with E-state index in [1.165, 1.54) is 0 Å². The monoisotopic (exact) mass is 236 g/mol. The minimum absolute atomic E-state index is 0.130. The maximum absolute atomic E-state index is 10.6. The van der Waals surface area contributed by atoms with Gasteiger partial charge in [0.05, 0.1) is 7.11 Å². The highest BCUT2D eigenvalue weighted by molar-refractivity contribution is 5.66. The van der Waals surface area contributed by atoms with E-state index >= 15 is 0 Å². The minimum Gasteiger partial charge on any atom is -0.496 e. The first kappa shape index (κ1) is 13.6. The van der Waals surface area contributed by atoms with Crippen molar-refractivity contribution in [3.8, 4) is 5.75 Å². The zero-order valence-electron chi connectivity index (χ0n) is 10.9. The largest absolute Gasteiger partial charge is 0.496 e. The van der Waals surface area contributed by atoms with Crippen molar-refractivity contribution >= 4 is 5.97 Å². The van der Waals surface area contributed by atoms with Gasteiger partial charge >= 0.3 is 5.97 Å². The summed E-state index contributed by atoms with van der Waals surface area (Å²) < 4.78 is 5.22. The molecule has 1 N–H and O–H groups in total. The molecule has 0 aliphatic heterocycles. The smallest absolute Gasteiger partial charge is 0.303 e. The van der Waals surface area contributed by atoms with Crippen LogP contribution in [0, 0.1) is 6.92 Å². The Morgan fingerprint density at radius 3 is 2.53 bits per heavy atom. The molecular weight excluding hydrogens is 216 g/mol. The average Bonchev–Trinajstić information content (AvgIpc) is 2.26. The molecule has 0 aromatic heterocycles. The van der Waals surface area contributed by atoms with E-state index in [-0.39, 0.29) is 11.8 Å². The minimum atomic E-state index is -0.747. The second-order valence-electron chi connectivity index (χ2n) is 4.96. The van der Waals surface area contributed by atoms with Crippen molar-refractivity contribution in [1.29, 1.82) is 0 Å². The van der Waals surface area contributed by atoms with Gasteiger partial charge in [-0.2, -0.15) is 0 Å². The average molecular weight is 236 g/mol.